The number of nitrogens with zero attached hydrogens (tertiary/aromatic N) is 2. The van der Waals surface area contributed by atoms with Gasteiger partial charge in [-0.25, -0.2) is 4.39 Å². The van der Waals surface area contributed by atoms with Gasteiger partial charge in [-0.05, 0) is 31.0 Å². The highest BCUT2D eigenvalue weighted by Gasteiger charge is 2.21. The van der Waals surface area contributed by atoms with E-state index in [-0.39, 0.29) is 17.9 Å². The molecule has 0 bridgehead atoms. The quantitative estimate of drug-likeness (QED) is 0.148. The topological polar surface area (TPSA) is 129 Å². The van der Waals surface area contributed by atoms with Gasteiger partial charge in [-0.2, -0.15) is 5.10 Å². The van der Waals surface area contributed by atoms with E-state index in [0.29, 0.717) is 47.5 Å². The van der Waals surface area contributed by atoms with Crippen LogP contribution in [-0.2, 0) is 0 Å². The molecule has 0 aliphatic rings. The molecular formula is C26H31FN4O6. The molecule has 11 heteroatoms. The Morgan fingerprint density at radius 1 is 1.03 bits per heavy atom. The summed E-state index contributed by atoms with van der Waals surface area (Å²) in [5.41, 5.74) is 0.945. The number of carbonyl (C=O) groups excluding carboxylic acids is 1. The molecule has 2 N–H and O–H groups in total. The number of rotatable bonds is 15. The Bertz CT molecular complexity index is 1180. The van der Waals surface area contributed by atoms with Crippen LogP contribution in [0.25, 0.3) is 11.3 Å². The Hall–Kier alpha value is -4.15. The summed E-state index contributed by atoms with van der Waals surface area (Å²) in [6.45, 7) is 4.25. The zero-order valence-electron chi connectivity index (χ0n) is 20.9. The summed E-state index contributed by atoms with van der Waals surface area (Å²) in [5, 5.41) is 20.4. The van der Waals surface area contributed by atoms with E-state index in [1.807, 2.05) is 0 Å². The molecule has 3 rings (SSSR count). The number of nitrogens with one attached hydrogen (secondary N) is 2. The van der Waals surface area contributed by atoms with Gasteiger partial charge in [-0.3, -0.25) is 20.0 Å². The van der Waals surface area contributed by atoms with Crippen LogP contribution in [0.15, 0.2) is 42.5 Å². The fourth-order valence-electron chi connectivity index (χ4n) is 3.35. The number of carbonyl (C=O) groups is 1. The third-order valence-electron chi connectivity index (χ3n) is 5.30. The molecule has 0 aliphatic carbocycles. The SMILES string of the molecule is CCCCOc1cc(OCCCC)c(-c2cc(C(=O)NCCF)n[nH]2)c(Oc2ccc([N+](=O)[O-])cc2)c1. The number of hydrogen-bond donors (Lipinski definition) is 2. The molecule has 198 valence electrons. The number of non-ortho nitro benzene ring substituents is 1. The summed E-state index contributed by atoms with van der Waals surface area (Å²) in [7, 11) is 0. The summed E-state index contributed by atoms with van der Waals surface area (Å²) in [5.74, 6) is 1.16. The third kappa shape index (κ3) is 7.66. The Morgan fingerprint density at radius 2 is 1.70 bits per heavy atom. The Morgan fingerprint density at radius 3 is 2.35 bits per heavy atom. The van der Waals surface area contributed by atoms with Crippen LogP contribution in [0.4, 0.5) is 10.1 Å². The van der Waals surface area contributed by atoms with Crippen LogP contribution in [0.3, 0.4) is 0 Å². The van der Waals surface area contributed by atoms with E-state index < -0.39 is 17.5 Å². The number of nitro benzene ring substituents is 1. The van der Waals surface area contributed by atoms with E-state index in [2.05, 4.69) is 29.4 Å². The third-order valence-corrected chi connectivity index (χ3v) is 5.30. The maximum atomic E-state index is 12.5. The lowest BCUT2D eigenvalue weighted by Crippen LogP contribution is -2.25. The van der Waals surface area contributed by atoms with E-state index in [9.17, 15) is 19.3 Å². The van der Waals surface area contributed by atoms with Gasteiger partial charge in [-0.15, -0.1) is 0 Å². The summed E-state index contributed by atoms with van der Waals surface area (Å²) >= 11 is 0. The number of nitro groups is 1. The van der Waals surface area contributed by atoms with Gasteiger partial charge in [0.1, 0.15) is 29.7 Å². The lowest BCUT2D eigenvalue weighted by molar-refractivity contribution is -0.384. The second-order valence-electron chi connectivity index (χ2n) is 8.16. The van der Waals surface area contributed by atoms with Crippen molar-refractivity contribution in [3.8, 4) is 34.3 Å². The van der Waals surface area contributed by atoms with Crippen LogP contribution in [0.5, 0.6) is 23.0 Å². The minimum absolute atomic E-state index is 0.0645. The highest BCUT2D eigenvalue weighted by atomic mass is 19.1. The van der Waals surface area contributed by atoms with Gasteiger partial charge in [0, 0.05) is 30.8 Å². The van der Waals surface area contributed by atoms with Gasteiger partial charge in [-0.1, -0.05) is 26.7 Å². The molecule has 0 saturated carbocycles. The number of alkyl halides is 1. The van der Waals surface area contributed by atoms with Crippen molar-refractivity contribution >= 4 is 11.6 Å². The molecule has 1 aromatic heterocycles. The molecule has 0 spiro atoms. The predicted octanol–water partition coefficient (Wildman–Crippen LogP) is 5.83. The van der Waals surface area contributed by atoms with Crippen LogP contribution in [0, 0.1) is 10.1 Å². The van der Waals surface area contributed by atoms with Crippen LogP contribution < -0.4 is 19.5 Å². The minimum Gasteiger partial charge on any atom is -0.493 e. The molecule has 0 unspecified atom stereocenters. The molecular weight excluding hydrogens is 483 g/mol. The van der Waals surface area contributed by atoms with E-state index in [0.717, 1.165) is 25.7 Å². The van der Waals surface area contributed by atoms with Crippen molar-refractivity contribution in [3.63, 3.8) is 0 Å². The average Bonchev–Trinajstić information content (AvgIpc) is 3.38. The van der Waals surface area contributed by atoms with Gasteiger partial charge < -0.3 is 19.5 Å². The second-order valence-corrected chi connectivity index (χ2v) is 8.16. The fraction of sp³-hybridized carbons (Fsp3) is 0.385. The van der Waals surface area contributed by atoms with Gasteiger partial charge in [0.05, 0.1) is 29.4 Å². The van der Waals surface area contributed by atoms with E-state index >= 15 is 0 Å². The molecule has 0 fully saturated rings. The number of aromatic amines is 1. The molecule has 1 amide bonds. The lowest BCUT2D eigenvalue weighted by Gasteiger charge is -2.18. The Balaban J connectivity index is 2.06. The predicted molar refractivity (Wildman–Crippen MR) is 136 cm³/mol. The van der Waals surface area contributed by atoms with Crippen LogP contribution in [-0.4, -0.2) is 47.5 Å². The number of ether oxygens (including phenoxy) is 3. The molecule has 2 aromatic carbocycles. The smallest absolute Gasteiger partial charge is 0.271 e. The number of amides is 1. The first-order valence-corrected chi connectivity index (χ1v) is 12.2. The second kappa shape index (κ2) is 13.8. The number of halogens is 1. The van der Waals surface area contributed by atoms with Crippen molar-refractivity contribution in [3.05, 3.63) is 58.3 Å². The van der Waals surface area contributed by atoms with Crippen molar-refractivity contribution in [2.24, 2.45) is 0 Å². The van der Waals surface area contributed by atoms with E-state index in [4.69, 9.17) is 14.2 Å². The van der Waals surface area contributed by atoms with Gasteiger partial charge >= 0.3 is 0 Å². The van der Waals surface area contributed by atoms with Crippen molar-refractivity contribution in [2.75, 3.05) is 26.4 Å². The van der Waals surface area contributed by atoms with Gasteiger partial charge in [0.15, 0.2) is 5.69 Å². The lowest BCUT2D eigenvalue weighted by atomic mass is 10.1. The summed E-state index contributed by atoms with van der Waals surface area (Å²) in [6, 6.07) is 10.7. The molecule has 0 atom stereocenters. The number of benzene rings is 2. The standard InChI is InChI=1S/C26H31FN4O6/c1-3-5-13-35-20-15-23(36-14-6-4-2)25(21-17-22(30-29-21)26(32)28-12-11-27)24(16-20)37-19-9-7-18(8-10-19)31(33)34/h7-10,15-17H,3-6,11-14H2,1-2H3,(H,28,32)(H,29,30). The van der Waals surface area contributed by atoms with Crippen molar-refractivity contribution in [1.82, 2.24) is 15.5 Å². The zero-order chi connectivity index (χ0) is 26.6. The Kier molecular flexibility index (Phi) is 10.2. The maximum Gasteiger partial charge on any atom is 0.271 e. The van der Waals surface area contributed by atoms with Crippen LogP contribution in [0.1, 0.15) is 50.0 Å². The number of unbranched alkanes of at least 4 members (excludes halogenated alkanes) is 2. The number of hydrogen-bond acceptors (Lipinski definition) is 7. The Labute approximate surface area is 214 Å². The highest BCUT2D eigenvalue weighted by Crippen LogP contribution is 2.43. The normalized spacial score (nSPS) is 10.7. The highest BCUT2D eigenvalue weighted by molar-refractivity contribution is 5.94. The number of aromatic nitrogens is 2. The molecule has 1 heterocycles. The average molecular weight is 515 g/mol. The molecule has 0 aliphatic heterocycles. The van der Waals surface area contributed by atoms with Crippen LogP contribution in [0.2, 0.25) is 0 Å². The largest absolute Gasteiger partial charge is 0.493 e. The van der Waals surface area contributed by atoms with Gasteiger partial charge in [0.25, 0.3) is 11.6 Å². The monoisotopic (exact) mass is 514 g/mol. The first kappa shape index (κ1) is 27.4. The molecule has 3 aromatic rings. The molecule has 0 radical (unpaired) electrons. The minimum atomic E-state index is -0.689. The zero-order valence-corrected chi connectivity index (χ0v) is 20.9. The summed E-state index contributed by atoms with van der Waals surface area (Å²) in [4.78, 5) is 22.9. The maximum absolute atomic E-state index is 12.5. The number of H-pyrrole nitrogens is 1. The first-order chi connectivity index (χ1) is 18.0. The first-order valence-electron chi connectivity index (χ1n) is 12.2. The van der Waals surface area contributed by atoms with E-state index in [1.165, 1.54) is 30.3 Å². The summed E-state index contributed by atoms with van der Waals surface area (Å²) < 4.78 is 30.7. The molecule has 37 heavy (non-hydrogen) atoms. The molecule has 0 saturated heterocycles. The fourth-order valence-corrected chi connectivity index (χ4v) is 3.35. The van der Waals surface area contributed by atoms with Gasteiger partial charge in [0.2, 0.25) is 0 Å². The van der Waals surface area contributed by atoms with Crippen molar-refractivity contribution in [1.29, 1.82) is 0 Å². The van der Waals surface area contributed by atoms with Crippen molar-refractivity contribution < 1.29 is 28.3 Å². The van der Waals surface area contributed by atoms with Crippen LogP contribution >= 0.6 is 0 Å². The molecule has 10 nitrogen and oxygen atoms in total. The van der Waals surface area contributed by atoms with E-state index in [1.54, 1.807) is 12.1 Å². The summed E-state index contributed by atoms with van der Waals surface area (Å²) in [6.07, 6.45) is 3.57. The van der Waals surface area contributed by atoms with Crippen molar-refractivity contribution in [2.45, 2.75) is 39.5 Å².